The number of anilines is 3. The lowest BCUT2D eigenvalue weighted by Gasteiger charge is -2.35. The van der Waals surface area contributed by atoms with Gasteiger partial charge in [-0.15, -0.1) is 0 Å². The predicted molar refractivity (Wildman–Crippen MR) is 155 cm³/mol. The van der Waals surface area contributed by atoms with Crippen LogP contribution in [-0.4, -0.2) is 58.2 Å². The molecule has 0 saturated carbocycles. The molecule has 0 bridgehead atoms. The number of hydrogen-bond donors (Lipinski definition) is 3. The Labute approximate surface area is 243 Å². The summed E-state index contributed by atoms with van der Waals surface area (Å²) in [7, 11) is 0. The van der Waals surface area contributed by atoms with Crippen molar-refractivity contribution in [2.24, 2.45) is 5.73 Å². The Morgan fingerprint density at radius 2 is 1.76 bits per heavy atom. The Balaban J connectivity index is 1.20. The summed E-state index contributed by atoms with van der Waals surface area (Å²) in [6, 6.07) is 13.1. The first-order valence-corrected chi connectivity index (χ1v) is 14.1. The molecule has 0 radical (unpaired) electrons. The van der Waals surface area contributed by atoms with Crippen LogP contribution in [0.5, 0.6) is 0 Å². The van der Waals surface area contributed by atoms with E-state index in [4.69, 9.17) is 5.73 Å². The highest BCUT2D eigenvalue weighted by molar-refractivity contribution is 5.98. The summed E-state index contributed by atoms with van der Waals surface area (Å²) in [6.07, 6.45) is 4.63. The number of carbonyl (C=O) groups excluding carboxylic acids is 3. The quantitative estimate of drug-likeness (QED) is 0.362. The average molecular weight is 577 g/mol. The van der Waals surface area contributed by atoms with Crippen LogP contribution in [0.4, 0.5) is 26.0 Å². The van der Waals surface area contributed by atoms with Gasteiger partial charge in [-0.25, -0.2) is 13.8 Å². The second-order valence-electron chi connectivity index (χ2n) is 10.8. The summed E-state index contributed by atoms with van der Waals surface area (Å²) in [4.78, 5) is 44.7. The van der Waals surface area contributed by atoms with Gasteiger partial charge in [0, 0.05) is 56.6 Å². The SMILES string of the molecule is CC(=O)N1CCC[C@H]1C(=O)N1CCC(c2ccc(Nc3cc(NCc4cccc(F)c4F)c(C(N)=O)cn3)cc2)CC1. The van der Waals surface area contributed by atoms with Crippen LogP contribution in [0.2, 0.25) is 0 Å². The van der Waals surface area contributed by atoms with Crippen LogP contribution in [0.1, 0.15) is 60.0 Å². The van der Waals surface area contributed by atoms with Crippen LogP contribution in [0, 0.1) is 11.6 Å². The van der Waals surface area contributed by atoms with Gasteiger partial charge in [0.25, 0.3) is 5.91 Å². The summed E-state index contributed by atoms with van der Waals surface area (Å²) < 4.78 is 27.7. The highest BCUT2D eigenvalue weighted by atomic mass is 19.2. The molecule has 2 aromatic carbocycles. The molecule has 11 heteroatoms. The maximum Gasteiger partial charge on any atom is 0.252 e. The minimum absolute atomic E-state index is 0.0415. The van der Waals surface area contributed by atoms with E-state index in [2.05, 4.69) is 15.6 Å². The first kappa shape index (κ1) is 29.0. The second-order valence-corrected chi connectivity index (χ2v) is 10.8. The number of likely N-dealkylation sites (tertiary alicyclic amines) is 2. The zero-order valence-electron chi connectivity index (χ0n) is 23.4. The number of pyridine rings is 1. The van der Waals surface area contributed by atoms with Crippen LogP contribution in [0.25, 0.3) is 0 Å². The summed E-state index contributed by atoms with van der Waals surface area (Å²) in [5.74, 6) is -1.83. The van der Waals surface area contributed by atoms with Gasteiger partial charge in [0.15, 0.2) is 11.6 Å². The van der Waals surface area contributed by atoms with Crippen LogP contribution in [0.3, 0.4) is 0 Å². The normalized spacial score (nSPS) is 17.3. The second kappa shape index (κ2) is 12.5. The molecule has 2 aliphatic heterocycles. The molecule has 2 fully saturated rings. The van der Waals surface area contributed by atoms with Gasteiger partial charge in [0.05, 0.1) is 11.3 Å². The van der Waals surface area contributed by atoms with E-state index >= 15 is 0 Å². The van der Waals surface area contributed by atoms with Crippen molar-refractivity contribution in [1.82, 2.24) is 14.8 Å². The number of nitrogens with two attached hydrogens (primary N) is 1. The molecule has 0 unspecified atom stereocenters. The molecule has 1 aromatic heterocycles. The van der Waals surface area contributed by atoms with E-state index in [-0.39, 0.29) is 35.5 Å². The number of piperidine rings is 1. The van der Waals surface area contributed by atoms with Crippen LogP contribution >= 0.6 is 0 Å². The van der Waals surface area contributed by atoms with E-state index in [1.165, 1.54) is 30.8 Å². The topological polar surface area (TPSA) is 121 Å². The molecular formula is C31H34F2N6O3. The molecule has 1 atom stereocenters. The number of carbonyl (C=O) groups is 3. The van der Waals surface area contributed by atoms with Crippen molar-refractivity contribution >= 4 is 34.9 Å². The number of rotatable bonds is 8. The van der Waals surface area contributed by atoms with Crippen molar-refractivity contribution in [2.45, 2.75) is 51.1 Å². The van der Waals surface area contributed by atoms with Crippen LogP contribution in [0.15, 0.2) is 54.7 Å². The van der Waals surface area contributed by atoms with E-state index in [0.717, 1.165) is 37.4 Å². The number of nitrogens with one attached hydrogen (secondary N) is 2. The molecule has 3 heterocycles. The minimum Gasteiger partial charge on any atom is -0.380 e. The fourth-order valence-electron chi connectivity index (χ4n) is 5.77. The zero-order chi connectivity index (χ0) is 29.8. The molecule has 0 spiro atoms. The fourth-order valence-corrected chi connectivity index (χ4v) is 5.77. The lowest BCUT2D eigenvalue weighted by Crippen LogP contribution is -2.49. The minimum atomic E-state index is -0.955. The number of benzene rings is 2. The van der Waals surface area contributed by atoms with Gasteiger partial charge in [-0.05, 0) is 55.4 Å². The third-order valence-electron chi connectivity index (χ3n) is 8.07. The summed E-state index contributed by atoms with van der Waals surface area (Å²) in [5.41, 5.74) is 8.02. The maximum absolute atomic E-state index is 14.1. The molecule has 2 aliphatic rings. The monoisotopic (exact) mass is 576 g/mol. The standard InChI is InChI=1S/C31H34F2N6O3/c1-19(40)39-13-3-6-27(39)31(42)38-14-11-21(12-15-38)20-7-9-23(10-8-20)37-28-16-26(24(18-36-28)30(34)41)35-17-22-4-2-5-25(32)29(22)33/h2,4-5,7-10,16,18,21,27H,3,6,11-15,17H2,1H3,(H2,34,41)(H2,35,36,37)/t27-/m0/s1. The maximum atomic E-state index is 14.1. The largest absolute Gasteiger partial charge is 0.380 e. The highest BCUT2D eigenvalue weighted by Crippen LogP contribution is 2.31. The lowest BCUT2D eigenvalue weighted by atomic mass is 9.89. The van der Waals surface area contributed by atoms with Crippen LogP contribution in [-0.2, 0) is 16.1 Å². The molecule has 42 heavy (non-hydrogen) atoms. The Bertz CT molecular complexity index is 1470. The van der Waals surface area contributed by atoms with Crippen molar-refractivity contribution in [1.29, 1.82) is 0 Å². The van der Waals surface area contributed by atoms with Gasteiger partial charge in [-0.2, -0.15) is 0 Å². The number of aromatic nitrogens is 1. The smallest absolute Gasteiger partial charge is 0.252 e. The molecular weight excluding hydrogens is 542 g/mol. The van der Waals surface area contributed by atoms with E-state index in [1.54, 1.807) is 11.0 Å². The number of primary amides is 1. The Morgan fingerprint density at radius 3 is 2.45 bits per heavy atom. The Morgan fingerprint density at radius 1 is 1.02 bits per heavy atom. The first-order chi connectivity index (χ1) is 20.2. The number of hydrogen-bond acceptors (Lipinski definition) is 6. The van der Waals surface area contributed by atoms with Gasteiger partial charge in [0.1, 0.15) is 11.9 Å². The molecule has 220 valence electrons. The summed E-state index contributed by atoms with van der Waals surface area (Å²) >= 11 is 0. The third-order valence-corrected chi connectivity index (χ3v) is 8.07. The number of nitrogens with zero attached hydrogens (tertiary/aromatic N) is 3. The van der Waals surface area contributed by atoms with Crippen molar-refractivity contribution in [3.8, 4) is 0 Å². The zero-order valence-corrected chi connectivity index (χ0v) is 23.4. The van der Waals surface area contributed by atoms with Gasteiger partial charge in [0.2, 0.25) is 11.8 Å². The van der Waals surface area contributed by atoms with Gasteiger partial charge >= 0.3 is 0 Å². The van der Waals surface area contributed by atoms with Gasteiger partial charge < -0.3 is 26.2 Å². The van der Waals surface area contributed by atoms with Gasteiger partial charge in [-0.1, -0.05) is 24.3 Å². The van der Waals surface area contributed by atoms with E-state index in [0.29, 0.717) is 37.1 Å². The molecule has 4 N–H and O–H groups in total. The molecule has 5 rings (SSSR count). The molecule has 9 nitrogen and oxygen atoms in total. The van der Waals surface area contributed by atoms with Crippen molar-refractivity contribution in [3.05, 3.63) is 83.1 Å². The van der Waals surface area contributed by atoms with Gasteiger partial charge in [-0.3, -0.25) is 14.4 Å². The lowest BCUT2D eigenvalue weighted by molar-refractivity contribution is -0.143. The molecule has 0 aliphatic carbocycles. The van der Waals surface area contributed by atoms with E-state index in [1.807, 2.05) is 29.2 Å². The fraction of sp³-hybridized carbons (Fsp3) is 0.355. The highest BCUT2D eigenvalue weighted by Gasteiger charge is 2.36. The number of amides is 3. The Hall–Kier alpha value is -4.54. The first-order valence-electron chi connectivity index (χ1n) is 14.1. The average Bonchev–Trinajstić information content (AvgIpc) is 3.49. The molecule has 2 saturated heterocycles. The van der Waals surface area contributed by atoms with Crippen molar-refractivity contribution in [3.63, 3.8) is 0 Å². The van der Waals surface area contributed by atoms with E-state index < -0.39 is 17.5 Å². The van der Waals surface area contributed by atoms with Crippen molar-refractivity contribution < 1.29 is 23.2 Å². The third kappa shape index (κ3) is 6.35. The summed E-state index contributed by atoms with van der Waals surface area (Å²) in [5, 5.41) is 6.16. The predicted octanol–water partition coefficient (Wildman–Crippen LogP) is 4.53. The van der Waals surface area contributed by atoms with Crippen molar-refractivity contribution in [2.75, 3.05) is 30.3 Å². The van der Waals surface area contributed by atoms with Crippen LogP contribution < -0.4 is 16.4 Å². The number of halogens is 2. The van der Waals surface area contributed by atoms with E-state index in [9.17, 15) is 23.2 Å². The Kier molecular flexibility index (Phi) is 8.65. The molecule has 3 aromatic rings. The summed E-state index contributed by atoms with van der Waals surface area (Å²) in [6.45, 7) is 3.45. The molecule has 3 amide bonds.